The number of nitrogens with one attached hydrogen (secondary N) is 1. The Bertz CT molecular complexity index is 569. The number of likely N-dealkylation sites (tertiary alicyclic amines) is 1. The minimum absolute atomic E-state index is 0.0611. The lowest BCUT2D eigenvalue weighted by Crippen LogP contribution is -2.53. The molecule has 24 heavy (non-hydrogen) atoms. The van der Waals surface area contributed by atoms with E-state index in [4.69, 9.17) is 10.5 Å². The number of nitrogens with two attached hydrogens (primary N) is 1. The number of amides is 1. The van der Waals surface area contributed by atoms with Gasteiger partial charge in [0.25, 0.3) is 0 Å². The van der Waals surface area contributed by atoms with Crippen molar-refractivity contribution in [1.82, 2.24) is 4.90 Å². The maximum absolute atomic E-state index is 12.4. The molecule has 0 saturated carbocycles. The quantitative estimate of drug-likeness (QED) is 0.823. The van der Waals surface area contributed by atoms with Crippen LogP contribution < -0.4 is 11.1 Å². The number of para-hydroxylation sites is 1. The first-order chi connectivity index (χ1) is 11.3. The zero-order chi connectivity index (χ0) is 17.7. The Morgan fingerprint density at radius 3 is 2.54 bits per heavy atom. The van der Waals surface area contributed by atoms with Gasteiger partial charge in [-0.1, -0.05) is 18.2 Å². The summed E-state index contributed by atoms with van der Waals surface area (Å²) in [5, 5.41) is 3.09. The summed E-state index contributed by atoms with van der Waals surface area (Å²) in [4.78, 5) is 26.1. The normalized spacial score (nSPS) is 21.2. The van der Waals surface area contributed by atoms with Gasteiger partial charge in [0.15, 0.2) is 0 Å². The Kier molecular flexibility index (Phi) is 5.83. The van der Waals surface area contributed by atoms with Gasteiger partial charge in [-0.25, -0.2) is 0 Å². The number of anilines is 1. The minimum Gasteiger partial charge on any atom is -0.460 e. The number of piperidine rings is 1. The molecule has 2 atom stereocenters. The molecule has 1 fully saturated rings. The highest BCUT2D eigenvalue weighted by Gasteiger charge is 2.34. The zero-order valence-electron chi connectivity index (χ0n) is 14.6. The van der Waals surface area contributed by atoms with Crippen molar-refractivity contribution in [2.75, 3.05) is 18.4 Å². The Labute approximate surface area is 143 Å². The molecule has 1 heterocycles. The largest absolute Gasteiger partial charge is 0.460 e. The van der Waals surface area contributed by atoms with Gasteiger partial charge >= 0.3 is 5.97 Å². The van der Waals surface area contributed by atoms with E-state index in [1.807, 2.05) is 51.1 Å². The van der Waals surface area contributed by atoms with Crippen molar-refractivity contribution in [3.05, 3.63) is 30.3 Å². The minimum atomic E-state index is -0.506. The van der Waals surface area contributed by atoms with Crippen molar-refractivity contribution in [3.8, 4) is 0 Å². The van der Waals surface area contributed by atoms with E-state index in [0.717, 1.165) is 5.69 Å². The Morgan fingerprint density at radius 2 is 1.96 bits per heavy atom. The number of rotatable bonds is 4. The standard InChI is InChI=1S/C18H27N3O3/c1-18(2,3)24-17(23)13-9-10-21(15(19)11-13)16(22)12-20-14-7-5-4-6-8-14/h4-8,13,15,20H,9-12,19H2,1-3H3. The summed E-state index contributed by atoms with van der Waals surface area (Å²) >= 11 is 0. The van der Waals surface area contributed by atoms with Crippen LogP contribution in [0, 0.1) is 5.92 Å². The van der Waals surface area contributed by atoms with Crippen LogP contribution in [0.15, 0.2) is 30.3 Å². The number of ether oxygens (including phenoxy) is 1. The number of hydrogen-bond acceptors (Lipinski definition) is 5. The Hall–Kier alpha value is -2.08. The summed E-state index contributed by atoms with van der Waals surface area (Å²) in [5.74, 6) is -0.535. The van der Waals surface area contributed by atoms with Crippen molar-refractivity contribution >= 4 is 17.6 Å². The second-order valence-corrected chi connectivity index (χ2v) is 7.13. The molecule has 6 heteroatoms. The van der Waals surface area contributed by atoms with E-state index in [9.17, 15) is 9.59 Å². The average molecular weight is 333 g/mol. The molecular weight excluding hydrogens is 306 g/mol. The summed E-state index contributed by atoms with van der Waals surface area (Å²) in [6.45, 7) is 6.20. The van der Waals surface area contributed by atoms with Gasteiger partial charge in [0.2, 0.25) is 5.91 Å². The molecule has 3 N–H and O–H groups in total. The van der Waals surface area contributed by atoms with Crippen LogP contribution in [-0.2, 0) is 14.3 Å². The van der Waals surface area contributed by atoms with Crippen molar-refractivity contribution in [1.29, 1.82) is 0 Å². The summed E-state index contributed by atoms with van der Waals surface area (Å²) < 4.78 is 5.42. The van der Waals surface area contributed by atoms with Gasteiger partial charge in [-0.3, -0.25) is 9.59 Å². The second kappa shape index (κ2) is 7.66. The number of carbonyl (C=O) groups is 2. The van der Waals surface area contributed by atoms with Crippen molar-refractivity contribution in [2.24, 2.45) is 11.7 Å². The van der Waals surface area contributed by atoms with E-state index in [-0.39, 0.29) is 24.3 Å². The maximum Gasteiger partial charge on any atom is 0.309 e. The van der Waals surface area contributed by atoms with Crippen LogP contribution in [-0.4, -0.2) is 41.6 Å². The van der Waals surface area contributed by atoms with Crippen molar-refractivity contribution in [2.45, 2.75) is 45.4 Å². The first-order valence-electron chi connectivity index (χ1n) is 8.33. The third-order valence-electron chi connectivity index (χ3n) is 3.92. The third-order valence-corrected chi connectivity index (χ3v) is 3.92. The third kappa shape index (κ3) is 5.23. The monoisotopic (exact) mass is 333 g/mol. The van der Waals surface area contributed by atoms with Gasteiger partial charge in [0.1, 0.15) is 5.60 Å². The molecule has 1 aliphatic heterocycles. The van der Waals surface area contributed by atoms with Gasteiger partial charge < -0.3 is 20.7 Å². The summed E-state index contributed by atoms with van der Waals surface area (Å²) in [6, 6.07) is 9.55. The SMILES string of the molecule is CC(C)(C)OC(=O)C1CCN(C(=O)CNc2ccccc2)C(N)C1. The number of esters is 1. The highest BCUT2D eigenvalue weighted by Crippen LogP contribution is 2.24. The topological polar surface area (TPSA) is 84.7 Å². The van der Waals surface area contributed by atoms with Gasteiger partial charge in [0, 0.05) is 12.2 Å². The average Bonchev–Trinajstić information content (AvgIpc) is 2.52. The fourth-order valence-corrected chi connectivity index (χ4v) is 2.74. The zero-order valence-corrected chi connectivity index (χ0v) is 14.6. The first-order valence-corrected chi connectivity index (χ1v) is 8.33. The molecule has 1 amide bonds. The van der Waals surface area contributed by atoms with Gasteiger partial charge in [-0.15, -0.1) is 0 Å². The fourth-order valence-electron chi connectivity index (χ4n) is 2.74. The number of hydrogen-bond donors (Lipinski definition) is 2. The highest BCUT2D eigenvalue weighted by molar-refractivity contribution is 5.81. The van der Waals surface area contributed by atoms with E-state index >= 15 is 0 Å². The van der Waals surface area contributed by atoms with E-state index in [2.05, 4.69) is 5.32 Å². The van der Waals surface area contributed by atoms with Gasteiger partial charge in [-0.05, 0) is 45.7 Å². The molecule has 1 aromatic rings. The van der Waals surface area contributed by atoms with Crippen molar-refractivity contribution < 1.29 is 14.3 Å². The molecule has 0 radical (unpaired) electrons. The van der Waals surface area contributed by atoms with Crippen LogP contribution in [0.3, 0.4) is 0 Å². The molecule has 0 bridgehead atoms. The van der Waals surface area contributed by atoms with Crippen LogP contribution in [0.5, 0.6) is 0 Å². The highest BCUT2D eigenvalue weighted by atomic mass is 16.6. The lowest BCUT2D eigenvalue weighted by molar-refractivity contribution is -0.163. The van der Waals surface area contributed by atoms with Crippen LogP contribution >= 0.6 is 0 Å². The molecule has 0 aliphatic carbocycles. The smallest absolute Gasteiger partial charge is 0.309 e. The maximum atomic E-state index is 12.4. The van der Waals surface area contributed by atoms with E-state index in [0.29, 0.717) is 19.4 Å². The lowest BCUT2D eigenvalue weighted by Gasteiger charge is -2.37. The predicted octanol–water partition coefficient (Wildman–Crippen LogP) is 1.96. The number of benzene rings is 1. The van der Waals surface area contributed by atoms with E-state index < -0.39 is 11.8 Å². The molecule has 0 aromatic heterocycles. The summed E-state index contributed by atoms with van der Waals surface area (Å²) in [5.41, 5.74) is 6.50. The van der Waals surface area contributed by atoms with Gasteiger partial charge in [0.05, 0.1) is 18.6 Å². The molecule has 0 spiro atoms. The Balaban J connectivity index is 1.84. The molecule has 1 aromatic carbocycles. The Morgan fingerprint density at radius 1 is 1.29 bits per heavy atom. The molecule has 132 valence electrons. The molecule has 1 saturated heterocycles. The lowest BCUT2D eigenvalue weighted by atomic mass is 9.94. The molecule has 2 rings (SSSR count). The predicted molar refractivity (Wildman–Crippen MR) is 93.2 cm³/mol. The fraction of sp³-hybridized carbons (Fsp3) is 0.556. The van der Waals surface area contributed by atoms with Crippen LogP contribution in [0.25, 0.3) is 0 Å². The molecule has 2 unspecified atom stereocenters. The van der Waals surface area contributed by atoms with Crippen LogP contribution in [0.2, 0.25) is 0 Å². The summed E-state index contributed by atoms with van der Waals surface area (Å²) in [6.07, 6.45) is 0.562. The number of carbonyl (C=O) groups excluding carboxylic acids is 2. The first kappa shape index (κ1) is 18.3. The number of nitrogens with zero attached hydrogens (tertiary/aromatic N) is 1. The second-order valence-electron chi connectivity index (χ2n) is 7.13. The van der Waals surface area contributed by atoms with Gasteiger partial charge in [-0.2, -0.15) is 0 Å². The van der Waals surface area contributed by atoms with Crippen LogP contribution in [0.4, 0.5) is 5.69 Å². The molecule has 6 nitrogen and oxygen atoms in total. The van der Waals surface area contributed by atoms with Crippen molar-refractivity contribution in [3.63, 3.8) is 0 Å². The molecular formula is C18H27N3O3. The van der Waals surface area contributed by atoms with E-state index in [1.54, 1.807) is 4.90 Å². The van der Waals surface area contributed by atoms with E-state index in [1.165, 1.54) is 0 Å². The van der Waals surface area contributed by atoms with Crippen LogP contribution in [0.1, 0.15) is 33.6 Å². The molecule has 1 aliphatic rings. The summed E-state index contributed by atoms with van der Waals surface area (Å²) in [7, 11) is 0.